The van der Waals surface area contributed by atoms with Gasteiger partial charge in [-0.2, -0.15) is 0 Å². The minimum atomic E-state index is -0.275. The maximum atomic E-state index is 10.6. The Balaban J connectivity index is 3.28. The first kappa shape index (κ1) is 9.21. The monoisotopic (exact) mass is 141 g/mol. The molecular weight excluding hydrogens is 128 g/mol. The van der Waals surface area contributed by atoms with Crippen LogP contribution >= 0.6 is 0 Å². The molecule has 2 nitrogen and oxygen atoms in total. The standard InChI is InChI=1S/C8H13O2/c1-3-5-6-7-8(9)10-4-2/h7H,1-6H2. The predicted octanol–water partition coefficient (Wildman–Crippen LogP) is 1.04. The second kappa shape index (κ2) is 6.33. The zero-order chi connectivity index (χ0) is 7.82. The van der Waals surface area contributed by atoms with Crippen molar-refractivity contribution in [3.05, 3.63) is 25.9 Å². The van der Waals surface area contributed by atoms with Crippen molar-refractivity contribution < 1.29 is 9.84 Å². The van der Waals surface area contributed by atoms with E-state index in [1.807, 2.05) is 0 Å². The molecule has 0 saturated heterocycles. The summed E-state index contributed by atoms with van der Waals surface area (Å²) in [7, 11) is 0. The molecule has 0 spiro atoms. The molecule has 0 fully saturated rings. The summed E-state index contributed by atoms with van der Waals surface area (Å²) in [4.78, 5) is 0. The first-order valence-electron chi connectivity index (χ1n) is 3.39. The molecule has 10 heavy (non-hydrogen) atoms. The molecule has 0 amide bonds. The normalized spacial score (nSPS) is 11.5. The average molecular weight is 141 g/mol. The largest absolute Gasteiger partial charge is 0.613 e. The Morgan fingerprint density at radius 3 is 2.90 bits per heavy atom. The Morgan fingerprint density at radius 2 is 2.40 bits per heavy atom. The van der Waals surface area contributed by atoms with Crippen LogP contribution in [0.15, 0.2) is 12.0 Å². The quantitative estimate of drug-likeness (QED) is 0.325. The number of ether oxygens (including phenoxy) is 1. The van der Waals surface area contributed by atoms with Crippen LogP contribution in [0.25, 0.3) is 0 Å². The maximum absolute atomic E-state index is 10.6. The first-order chi connectivity index (χ1) is 4.81. The maximum Gasteiger partial charge on any atom is 0.0853 e. The lowest BCUT2D eigenvalue weighted by Crippen LogP contribution is -2.07. The second-order valence-electron chi connectivity index (χ2n) is 1.87. The van der Waals surface area contributed by atoms with Crippen LogP contribution in [-0.4, -0.2) is 6.61 Å². The summed E-state index contributed by atoms with van der Waals surface area (Å²) < 4.78 is 4.56. The van der Waals surface area contributed by atoms with E-state index in [2.05, 4.69) is 18.6 Å². The molecule has 0 heterocycles. The minimum Gasteiger partial charge on any atom is -0.613 e. The summed E-state index contributed by atoms with van der Waals surface area (Å²) >= 11 is 0. The van der Waals surface area contributed by atoms with Crippen LogP contribution in [-0.2, 0) is 4.74 Å². The van der Waals surface area contributed by atoms with Crippen molar-refractivity contribution in [2.24, 2.45) is 0 Å². The van der Waals surface area contributed by atoms with Crippen molar-refractivity contribution in [1.82, 2.24) is 0 Å². The van der Waals surface area contributed by atoms with Gasteiger partial charge in [-0.05, 0) is 26.4 Å². The van der Waals surface area contributed by atoms with E-state index in [9.17, 15) is 5.11 Å². The fraction of sp³-hybridized carbons (Fsp3) is 0.500. The van der Waals surface area contributed by atoms with Crippen molar-refractivity contribution >= 4 is 0 Å². The highest BCUT2D eigenvalue weighted by Crippen LogP contribution is 1.97. The summed E-state index contributed by atoms with van der Waals surface area (Å²) in [5.74, 6) is -0.275. The molecular formula is C8H13O2. The van der Waals surface area contributed by atoms with Gasteiger partial charge in [-0.15, -0.1) is 0 Å². The fourth-order valence-electron chi connectivity index (χ4n) is 0.524. The van der Waals surface area contributed by atoms with Gasteiger partial charge in [0.1, 0.15) is 0 Å². The number of hydrogen-bond donors (Lipinski definition) is 0. The van der Waals surface area contributed by atoms with Gasteiger partial charge in [-0.1, -0.05) is 6.08 Å². The van der Waals surface area contributed by atoms with Crippen LogP contribution in [0.1, 0.15) is 19.3 Å². The Bertz CT molecular complexity index is 97.4. The molecule has 0 N–H and O–H groups in total. The lowest BCUT2D eigenvalue weighted by molar-refractivity contribution is -0.356. The molecule has 0 rings (SSSR count). The summed E-state index contributed by atoms with van der Waals surface area (Å²) in [6, 6.07) is 0. The predicted molar refractivity (Wildman–Crippen MR) is 38.6 cm³/mol. The second-order valence-corrected chi connectivity index (χ2v) is 1.87. The molecule has 2 heteroatoms. The zero-order valence-corrected chi connectivity index (χ0v) is 6.14. The SMILES string of the molecule is [CH2]COC([O-])=CCCC[CH2+]. The van der Waals surface area contributed by atoms with E-state index in [0.717, 1.165) is 19.3 Å². The Hall–Kier alpha value is -0.790. The third-order valence-electron chi connectivity index (χ3n) is 1.01. The average Bonchev–Trinajstić information content (AvgIpc) is 1.89. The third-order valence-corrected chi connectivity index (χ3v) is 1.01. The van der Waals surface area contributed by atoms with Crippen molar-refractivity contribution in [3.8, 4) is 0 Å². The van der Waals surface area contributed by atoms with Gasteiger partial charge in [0.2, 0.25) is 0 Å². The minimum absolute atomic E-state index is 0.208. The molecule has 0 atom stereocenters. The summed E-state index contributed by atoms with van der Waals surface area (Å²) in [5.41, 5.74) is 0. The van der Waals surface area contributed by atoms with Gasteiger partial charge < -0.3 is 9.84 Å². The summed E-state index contributed by atoms with van der Waals surface area (Å²) in [6.07, 6.45) is 4.07. The molecule has 57 valence electrons. The van der Waals surface area contributed by atoms with Crippen molar-refractivity contribution in [2.75, 3.05) is 6.61 Å². The molecule has 0 aliphatic rings. The lowest BCUT2D eigenvalue weighted by atomic mass is 10.2. The molecule has 1 radical (unpaired) electrons. The van der Waals surface area contributed by atoms with E-state index in [1.54, 1.807) is 0 Å². The Kier molecular flexibility index (Phi) is 5.83. The van der Waals surface area contributed by atoms with Gasteiger partial charge in [0, 0.05) is 5.95 Å². The lowest BCUT2D eigenvalue weighted by Gasteiger charge is -2.11. The van der Waals surface area contributed by atoms with Crippen LogP contribution < -0.4 is 5.11 Å². The number of unbranched alkanes of at least 4 members (excludes halogenated alkanes) is 2. The molecule has 0 aromatic heterocycles. The van der Waals surface area contributed by atoms with E-state index in [-0.39, 0.29) is 12.6 Å². The number of rotatable bonds is 5. The number of hydrogen-bond acceptors (Lipinski definition) is 2. The van der Waals surface area contributed by atoms with Gasteiger partial charge in [-0.3, -0.25) is 0 Å². The number of allylic oxidation sites excluding steroid dienone is 1. The van der Waals surface area contributed by atoms with E-state index >= 15 is 0 Å². The van der Waals surface area contributed by atoms with Crippen molar-refractivity contribution in [3.63, 3.8) is 0 Å². The van der Waals surface area contributed by atoms with Gasteiger partial charge in [0.25, 0.3) is 0 Å². The van der Waals surface area contributed by atoms with Crippen LogP contribution in [0, 0.1) is 13.8 Å². The first-order valence-corrected chi connectivity index (χ1v) is 3.39. The Morgan fingerprint density at radius 1 is 1.70 bits per heavy atom. The molecule has 0 saturated carbocycles. The van der Waals surface area contributed by atoms with E-state index in [1.165, 1.54) is 6.08 Å². The van der Waals surface area contributed by atoms with E-state index in [4.69, 9.17) is 0 Å². The highest BCUT2D eigenvalue weighted by Gasteiger charge is 1.83. The van der Waals surface area contributed by atoms with E-state index < -0.39 is 0 Å². The van der Waals surface area contributed by atoms with Crippen LogP contribution in [0.3, 0.4) is 0 Å². The van der Waals surface area contributed by atoms with Crippen LogP contribution in [0.2, 0.25) is 0 Å². The third kappa shape index (κ3) is 5.35. The van der Waals surface area contributed by atoms with Gasteiger partial charge in [-0.25, -0.2) is 0 Å². The highest BCUT2D eigenvalue weighted by atomic mass is 16.6. The topological polar surface area (TPSA) is 32.3 Å². The van der Waals surface area contributed by atoms with Gasteiger partial charge in [0.05, 0.1) is 13.3 Å². The highest BCUT2D eigenvalue weighted by molar-refractivity contribution is 4.79. The molecule has 0 aromatic carbocycles. The summed E-state index contributed by atoms with van der Waals surface area (Å²) in [6.45, 7) is 7.23. The summed E-state index contributed by atoms with van der Waals surface area (Å²) in [5, 5.41) is 10.6. The zero-order valence-electron chi connectivity index (χ0n) is 6.14. The molecule has 0 aliphatic heterocycles. The van der Waals surface area contributed by atoms with Crippen LogP contribution in [0.4, 0.5) is 0 Å². The Labute approximate surface area is 62.5 Å². The smallest absolute Gasteiger partial charge is 0.0853 e. The molecule has 0 aliphatic carbocycles. The molecule has 0 bridgehead atoms. The van der Waals surface area contributed by atoms with Crippen LogP contribution in [0.5, 0.6) is 0 Å². The molecule has 0 unspecified atom stereocenters. The van der Waals surface area contributed by atoms with Gasteiger partial charge >= 0.3 is 0 Å². The fourth-order valence-corrected chi connectivity index (χ4v) is 0.524. The van der Waals surface area contributed by atoms with Crippen molar-refractivity contribution in [1.29, 1.82) is 0 Å². The van der Waals surface area contributed by atoms with Crippen molar-refractivity contribution in [2.45, 2.75) is 19.3 Å². The van der Waals surface area contributed by atoms with E-state index in [0.29, 0.717) is 0 Å². The van der Waals surface area contributed by atoms with Gasteiger partial charge in [0.15, 0.2) is 0 Å². The molecule has 0 aromatic rings.